The molecule has 0 aliphatic rings. The van der Waals surface area contributed by atoms with Gasteiger partial charge in [-0.1, -0.05) is 58.4 Å². The van der Waals surface area contributed by atoms with Gasteiger partial charge in [-0.05, 0) is 48.4 Å². The van der Waals surface area contributed by atoms with Crippen molar-refractivity contribution in [3.63, 3.8) is 0 Å². The van der Waals surface area contributed by atoms with Crippen molar-refractivity contribution in [1.82, 2.24) is 4.57 Å². The molecule has 0 radical (unpaired) electrons. The molecule has 0 aliphatic heterocycles. The molecule has 0 saturated carbocycles. The molecular weight excluding hydrogens is 440 g/mol. The van der Waals surface area contributed by atoms with Gasteiger partial charge in [0, 0.05) is 22.6 Å². The molecule has 0 spiro atoms. The number of pyridine rings is 1. The molecule has 0 aliphatic carbocycles. The Morgan fingerprint density at radius 2 is 1.63 bits per heavy atom. The van der Waals surface area contributed by atoms with Gasteiger partial charge >= 0.3 is 0 Å². The van der Waals surface area contributed by atoms with Gasteiger partial charge in [0.15, 0.2) is 5.58 Å². The number of benzene rings is 3. The lowest BCUT2D eigenvalue weighted by atomic mass is 10.0. The van der Waals surface area contributed by atoms with Crippen molar-refractivity contribution < 1.29 is 4.42 Å². The second-order valence-electron chi connectivity index (χ2n) is 7.34. The molecule has 0 fully saturated rings. The van der Waals surface area contributed by atoms with Gasteiger partial charge in [0.2, 0.25) is 5.88 Å². The molecule has 5 rings (SSSR count). The fourth-order valence-electron chi connectivity index (χ4n) is 3.88. The Kier molecular flexibility index (Phi) is 4.48. The number of aromatic nitrogens is 1. The molecule has 1 N–H and O–H groups in total. The molecule has 0 bridgehead atoms. The molecule has 0 unspecified atom stereocenters. The Morgan fingerprint density at radius 3 is 2.40 bits per heavy atom. The summed E-state index contributed by atoms with van der Waals surface area (Å²) in [5, 5.41) is 4.91. The number of furan rings is 1. The lowest BCUT2D eigenvalue weighted by Gasteiger charge is -2.09. The van der Waals surface area contributed by atoms with Gasteiger partial charge in [-0.25, -0.2) is 0 Å². The van der Waals surface area contributed by atoms with E-state index in [1.807, 2.05) is 79.7 Å². The normalized spacial score (nSPS) is 11.3. The molecule has 3 aromatic carbocycles. The van der Waals surface area contributed by atoms with E-state index in [1.54, 1.807) is 11.6 Å². The monoisotopic (exact) mass is 458 g/mol. The summed E-state index contributed by atoms with van der Waals surface area (Å²) in [6.45, 7) is 2.04. The van der Waals surface area contributed by atoms with Crippen LogP contribution in [0.25, 0.3) is 33.0 Å². The lowest BCUT2D eigenvalue weighted by molar-refractivity contribution is 0.637. The average molecular weight is 459 g/mol. The molecule has 0 saturated heterocycles. The summed E-state index contributed by atoms with van der Waals surface area (Å²) in [7, 11) is 1.80. The highest BCUT2D eigenvalue weighted by Crippen LogP contribution is 2.41. The zero-order valence-corrected chi connectivity index (χ0v) is 18.2. The molecule has 5 aromatic rings. The number of hydrogen-bond donors (Lipinski definition) is 1. The summed E-state index contributed by atoms with van der Waals surface area (Å²) in [5.41, 5.74) is 5.08. The van der Waals surface area contributed by atoms with Crippen molar-refractivity contribution in [1.29, 1.82) is 0 Å². The van der Waals surface area contributed by atoms with E-state index in [4.69, 9.17) is 4.42 Å². The highest BCUT2D eigenvalue weighted by Gasteiger charge is 2.23. The predicted molar refractivity (Wildman–Crippen MR) is 127 cm³/mol. The van der Waals surface area contributed by atoms with E-state index < -0.39 is 0 Å². The van der Waals surface area contributed by atoms with Gasteiger partial charge in [0.25, 0.3) is 5.56 Å². The van der Waals surface area contributed by atoms with Gasteiger partial charge in [-0.3, -0.25) is 4.79 Å². The number of fused-ring (bicyclic) bond motifs is 3. The third-order valence-corrected chi connectivity index (χ3v) is 5.99. The molecule has 5 heteroatoms. The molecule has 4 nitrogen and oxygen atoms in total. The van der Waals surface area contributed by atoms with Gasteiger partial charge in [-0.15, -0.1) is 0 Å². The minimum Gasteiger partial charge on any atom is -0.439 e. The SMILES string of the molecule is Cc1ccccc1Nc1oc2c(c1-c1ccc(Br)cc1)c(=O)n(C)c1ccccc21. The fourth-order valence-corrected chi connectivity index (χ4v) is 4.14. The van der Waals surface area contributed by atoms with Crippen molar-refractivity contribution in [3.8, 4) is 11.1 Å². The maximum Gasteiger partial charge on any atom is 0.262 e. The standard InChI is InChI=1S/C25H19BrN2O2/c1-15-7-3-5-9-19(15)27-24-21(16-11-13-17(26)14-12-16)22-23(30-24)18-8-4-6-10-20(18)28(2)25(22)29/h3-14,27H,1-2H3. The molecule has 148 valence electrons. The van der Waals surface area contributed by atoms with Crippen LogP contribution in [0.5, 0.6) is 0 Å². The predicted octanol–water partition coefficient (Wildman–Crippen LogP) is 6.77. The number of hydrogen-bond acceptors (Lipinski definition) is 3. The van der Waals surface area contributed by atoms with Gasteiger partial charge < -0.3 is 14.3 Å². The first-order chi connectivity index (χ1) is 14.5. The Bertz CT molecular complexity index is 1460. The minimum atomic E-state index is -0.0804. The van der Waals surface area contributed by atoms with Crippen molar-refractivity contribution >= 4 is 49.4 Å². The van der Waals surface area contributed by atoms with Crippen molar-refractivity contribution in [2.75, 3.05) is 5.32 Å². The van der Waals surface area contributed by atoms with Gasteiger partial charge in [-0.2, -0.15) is 0 Å². The van der Waals surface area contributed by atoms with Crippen LogP contribution in [-0.4, -0.2) is 4.57 Å². The van der Waals surface area contributed by atoms with Crippen molar-refractivity contribution in [2.45, 2.75) is 6.92 Å². The maximum absolute atomic E-state index is 13.4. The van der Waals surface area contributed by atoms with Crippen LogP contribution in [0.15, 0.2) is 86.5 Å². The summed E-state index contributed by atoms with van der Waals surface area (Å²) in [6, 6.07) is 23.8. The largest absolute Gasteiger partial charge is 0.439 e. The topological polar surface area (TPSA) is 47.2 Å². The van der Waals surface area contributed by atoms with E-state index in [0.717, 1.165) is 37.8 Å². The number of anilines is 2. The Balaban J connectivity index is 1.89. The molecule has 0 amide bonds. The average Bonchev–Trinajstić information content (AvgIpc) is 3.14. The second kappa shape index (κ2) is 7.18. The summed E-state index contributed by atoms with van der Waals surface area (Å²) >= 11 is 3.49. The van der Waals surface area contributed by atoms with Crippen LogP contribution in [0.1, 0.15) is 5.56 Å². The highest BCUT2D eigenvalue weighted by molar-refractivity contribution is 9.10. The third kappa shape index (κ3) is 2.94. The van der Waals surface area contributed by atoms with E-state index in [2.05, 4.69) is 21.2 Å². The van der Waals surface area contributed by atoms with E-state index in [1.165, 1.54) is 0 Å². The van der Waals surface area contributed by atoms with E-state index >= 15 is 0 Å². The smallest absolute Gasteiger partial charge is 0.262 e. The van der Waals surface area contributed by atoms with Crippen LogP contribution in [-0.2, 0) is 7.05 Å². The van der Waals surface area contributed by atoms with Gasteiger partial charge in [0.05, 0.1) is 16.5 Å². The summed E-state index contributed by atoms with van der Waals surface area (Å²) in [6.07, 6.45) is 0. The summed E-state index contributed by atoms with van der Waals surface area (Å²) in [4.78, 5) is 13.4. The van der Waals surface area contributed by atoms with Crippen LogP contribution in [0.3, 0.4) is 0 Å². The summed E-state index contributed by atoms with van der Waals surface area (Å²) in [5.74, 6) is 0.565. The number of halogens is 1. The zero-order valence-electron chi connectivity index (χ0n) is 16.6. The van der Waals surface area contributed by atoms with E-state index in [-0.39, 0.29) is 5.56 Å². The molecule has 30 heavy (non-hydrogen) atoms. The van der Waals surface area contributed by atoms with Crippen LogP contribution >= 0.6 is 15.9 Å². The first-order valence-electron chi connectivity index (χ1n) is 9.67. The molecule has 2 heterocycles. The summed E-state index contributed by atoms with van der Waals surface area (Å²) < 4.78 is 9.02. The Morgan fingerprint density at radius 1 is 0.933 bits per heavy atom. The van der Waals surface area contributed by atoms with E-state index in [0.29, 0.717) is 16.9 Å². The number of nitrogens with one attached hydrogen (secondary N) is 1. The van der Waals surface area contributed by atoms with Crippen LogP contribution in [0, 0.1) is 6.92 Å². The molecule has 2 aromatic heterocycles. The quantitative estimate of drug-likeness (QED) is 0.324. The van der Waals surface area contributed by atoms with E-state index in [9.17, 15) is 4.79 Å². The van der Waals surface area contributed by atoms with Crippen LogP contribution < -0.4 is 10.9 Å². The number of nitrogens with zero attached hydrogens (tertiary/aromatic N) is 1. The highest BCUT2D eigenvalue weighted by atomic mass is 79.9. The molecular formula is C25H19BrN2O2. The number of aryl methyl sites for hydroxylation is 2. The Labute approximate surface area is 181 Å². The van der Waals surface area contributed by atoms with Crippen LogP contribution in [0.2, 0.25) is 0 Å². The van der Waals surface area contributed by atoms with Crippen molar-refractivity contribution in [3.05, 3.63) is 93.2 Å². The van der Waals surface area contributed by atoms with Crippen LogP contribution in [0.4, 0.5) is 11.6 Å². The second-order valence-corrected chi connectivity index (χ2v) is 8.25. The number of rotatable bonds is 3. The third-order valence-electron chi connectivity index (χ3n) is 5.46. The van der Waals surface area contributed by atoms with Crippen molar-refractivity contribution in [2.24, 2.45) is 7.05 Å². The first kappa shape index (κ1) is 18.7. The Hall–Kier alpha value is -3.31. The molecule has 0 atom stereocenters. The minimum absolute atomic E-state index is 0.0804. The zero-order chi connectivity index (χ0) is 20.8. The van der Waals surface area contributed by atoms with Gasteiger partial charge in [0.1, 0.15) is 0 Å². The first-order valence-corrected chi connectivity index (χ1v) is 10.5. The number of para-hydroxylation sites is 2. The fraction of sp³-hybridized carbons (Fsp3) is 0.0800. The maximum atomic E-state index is 13.4. The lowest BCUT2D eigenvalue weighted by Crippen LogP contribution is -2.17.